The van der Waals surface area contributed by atoms with Crippen molar-refractivity contribution in [2.75, 3.05) is 13.1 Å². The lowest BCUT2D eigenvalue weighted by molar-refractivity contribution is -0.140. The molecule has 0 radical (unpaired) electrons. The van der Waals surface area contributed by atoms with Crippen molar-refractivity contribution in [1.82, 2.24) is 15.5 Å². The molecule has 0 aliphatic heterocycles. The van der Waals surface area contributed by atoms with Crippen LogP contribution < -0.4 is 10.6 Å². The van der Waals surface area contributed by atoms with E-state index in [1.54, 1.807) is 25.7 Å². The standard InChI is InChI=1S/C28H45N3O4/c1-7-8-12-17-31(24(32)19-29-27(34)35-28(4,5)6)25(23-16-15-20(2)18-21(23)3)26(33)30-22-13-10-9-11-14-22/h15-16,18,22,25H,7-14,17,19H2,1-6H3,(H,29,34)(H,30,33). The third-order valence-electron chi connectivity index (χ3n) is 6.34. The molecule has 1 unspecified atom stereocenters. The van der Waals surface area contributed by atoms with Gasteiger partial charge >= 0.3 is 6.09 Å². The summed E-state index contributed by atoms with van der Waals surface area (Å²) in [6.45, 7) is 11.6. The van der Waals surface area contributed by atoms with Crippen molar-refractivity contribution < 1.29 is 19.1 Å². The number of carbonyl (C=O) groups excluding carboxylic acids is 3. The van der Waals surface area contributed by atoms with Gasteiger partial charge in [0.25, 0.3) is 0 Å². The monoisotopic (exact) mass is 487 g/mol. The number of carbonyl (C=O) groups is 3. The van der Waals surface area contributed by atoms with E-state index >= 15 is 0 Å². The Labute approximate surface area is 211 Å². The summed E-state index contributed by atoms with van der Waals surface area (Å²) in [5.74, 6) is -0.443. The van der Waals surface area contributed by atoms with Crippen molar-refractivity contribution in [2.24, 2.45) is 0 Å². The van der Waals surface area contributed by atoms with Crippen molar-refractivity contribution in [3.05, 3.63) is 34.9 Å². The highest BCUT2D eigenvalue weighted by Gasteiger charge is 2.33. The highest BCUT2D eigenvalue weighted by atomic mass is 16.6. The molecule has 1 aliphatic carbocycles. The van der Waals surface area contributed by atoms with Gasteiger partial charge in [-0.25, -0.2) is 4.79 Å². The van der Waals surface area contributed by atoms with Gasteiger partial charge in [0.05, 0.1) is 0 Å². The van der Waals surface area contributed by atoms with Crippen LogP contribution in [-0.2, 0) is 14.3 Å². The van der Waals surface area contributed by atoms with Gasteiger partial charge in [0.2, 0.25) is 11.8 Å². The molecule has 2 rings (SSSR count). The second kappa shape index (κ2) is 13.5. The van der Waals surface area contributed by atoms with Gasteiger partial charge in [-0.2, -0.15) is 0 Å². The molecule has 1 aromatic rings. The van der Waals surface area contributed by atoms with Gasteiger partial charge in [0, 0.05) is 12.6 Å². The highest BCUT2D eigenvalue weighted by molar-refractivity contribution is 5.90. The summed E-state index contributed by atoms with van der Waals surface area (Å²) in [5.41, 5.74) is 2.25. The number of aryl methyl sites for hydroxylation is 2. The van der Waals surface area contributed by atoms with Crippen LogP contribution in [0.25, 0.3) is 0 Å². The average molecular weight is 488 g/mol. The van der Waals surface area contributed by atoms with Crippen LogP contribution in [0.2, 0.25) is 0 Å². The van der Waals surface area contributed by atoms with Gasteiger partial charge in [-0.1, -0.05) is 62.8 Å². The third-order valence-corrected chi connectivity index (χ3v) is 6.34. The zero-order valence-electron chi connectivity index (χ0n) is 22.5. The molecule has 3 amide bonds. The van der Waals surface area contributed by atoms with E-state index in [2.05, 4.69) is 17.6 Å². The van der Waals surface area contributed by atoms with E-state index in [1.165, 1.54) is 6.42 Å². The fourth-order valence-electron chi connectivity index (χ4n) is 4.60. The van der Waals surface area contributed by atoms with Crippen LogP contribution in [0.1, 0.15) is 102 Å². The Balaban J connectivity index is 2.32. The van der Waals surface area contributed by atoms with Crippen molar-refractivity contribution in [2.45, 2.75) is 111 Å². The average Bonchev–Trinajstić information content (AvgIpc) is 2.77. The minimum Gasteiger partial charge on any atom is -0.444 e. The molecule has 0 bridgehead atoms. The second-order valence-corrected chi connectivity index (χ2v) is 10.8. The lowest BCUT2D eigenvalue weighted by Crippen LogP contribution is -2.50. The number of nitrogens with zero attached hydrogens (tertiary/aromatic N) is 1. The molecule has 1 fully saturated rings. The molecular formula is C28H45N3O4. The summed E-state index contributed by atoms with van der Waals surface area (Å²) in [6.07, 6.45) is 7.45. The van der Waals surface area contributed by atoms with Crippen molar-refractivity contribution in [1.29, 1.82) is 0 Å². The van der Waals surface area contributed by atoms with Gasteiger partial charge in [0.15, 0.2) is 0 Å². The number of benzene rings is 1. The Kier molecular flexibility index (Phi) is 11.1. The number of nitrogens with one attached hydrogen (secondary N) is 2. The summed E-state index contributed by atoms with van der Waals surface area (Å²) in [7, 11) is 0. The first-order chi connectivity index (χ1) is 16.5. The van der Waals surface area contributed by atoms with Crippen molar-refractivity contribution in [3.8, 4) is 0 Å². The maximum absolute atomic E-state index is 13.7. The van der Waals surface area contributed by atoms with Crippen molar-refractivity contribution >= 4 is 17.9 Å². The Morgan fingerprint density at radius 2 is 1.77 bits per heavy atom. The molecule has 7 nitrogen and oxygen atoms in total. The molecule has 1 atom stereocenters. The Morgan fingerprint density at radius 1 is 1.09 bits per heavy atom. The summed E-state index contributed by atoms with van der Waals surface area (Å²) in [5, 5.41) is 5.81. The predicted molar refractivity (Wildman–Crippen MR) is 139 cm³/mol. The largest absolute Gasteiger partial charge is 0.444 e. The fraction of sp³-hybridized carbons (Fsp3) is 0.679. The summed E-state index contributed by atoms with van der Waals surface area (Å²) >= 11 is 0. The Bertz CT molecular complexity index is 856. The molecule has 0 saturated heterocycles. The number of hydrogen-bond donors (Lipinski definition) is 2. The Hall–Kier alpha value is -2.57. The molecule has 1 saturated carbocycles. The lowest BCUT2D eigenvalue weighted by atomic mass is 9.93. The van der Waals surface area contributed by atoms with Crippen LogP contribution in [0, 0.1) is 13.8 Å². The van der Waals surface area contributed by atoms with E-state index in [-0.39, 0.29) is 24.4 Å². The molecular weight excluding hydrogens is 442 g/mol. The van der Waals surface area contributed by atoms with E-state index in [9.17, 15) is 14.4 Å². The minimum atomic E-state index is -0.748. The number of hydrogen-bond acceptors (Lipinski definition) is 4. The van der Waals surface area contributed by atoms with Gasteiger partial charge in [-0.15, -0.1) is 0 Å². The second-order valence-electron chi connectivity index (χ2n) is 10.8. The molecule has 35 heavy (non-hydrogen) atoms. The minimum absolute atomic E-state index is 0.136. The van der Waals surface area contributed by atoms with Crippen LogP contribution in [-0.4, -0.2) is 47.5 Å². The van der Waals surface area contributed by atoms with Crippen LogP contribution in [0.3, 0.4) is 0 Å². The first-order valence-electron chi connectivity index (χ1n) is 13.2. The molecule has 0 heterocycles. The van der Waals surface area contributed by atoms with E-state index in [0.29, 0.717) is 6.54 Å². The third kappa shape index (κ3) is 9.54. The zero-order valence-corrected chi connectivity index (χ0v) is 22.5. The Morgan fingerprint density at radius 3 is 2.37 bits per heavy atom. The van der Waals surface area contributed by atoms with Crippen LogP contribution in [0.15, 0.2) is 18.2 Å². The van der Waals surface area contributed by atoms with E-state index in [4.69, 9.17) is 4.74 Å². The summed E-state index contributed by atoms with van der Waals surface area (Å²) in [4.78, 5) is 41.0. The topological polar surface area (TPSA) is 87.7 Å². The van der Waals surface area contributed by atoms with Crippen LogP contribution >= 0.6 is 0 Å². The van der Waals surface area contributed by atoms with Crippen LogP contribution in [0.4, 0.5) is 4.79 Å². The highest BCUT2D eigenvalue weighted by Crippen LogP contribution is 2.27. The number of unbranched alkanes of at least 4 members (excludes halogenated alkanes) is 2. The summed E-state index contributed by atoms with van der Waals surface area (Å²) < 4.78 is 5.29. The van der Waals surface area contributed by atoms with Gasteiger partial charge in [-0.3, -0.25) is 9.59 Å². The lowest BCUT2D eigenvalue weighted by Gasteiger charge is -2.34. The number of rotatable bonds is 10. The van der Waals surface area contributed by atoms with E-state index in [1.807, 2.05) is 32.0 Å². The van der Waals surface area contributed by atoms with Gasteiger partial charge in [0.1, 0.15) is 18.2 Å². The first-order valence-corrected chi connectivity index (χ1v) is 13.2. The van der Waals surface area contributed by atoms with E-state index < -0.39 is 17.7 Å². The van der Waals surface area contributed by atoms with Crippen LogP contribution in [0.5, 0.6) is 0 Å². The molecule has 7 heteroatoms. The van der Waals surface area contributed by atoms with E-state index in [0.717, 1.165) is 61.6 Å². The normalized spacial score (nSPS) is 15.3. The predicted octanol–water partition coefficient (Wildman–Crippen LogP) is 5.34. The molecule has 1 aliphatic rings. The SMILES string of the molecule is CCCCCN(C(=O)CNC(=O)OC(C)(C)C)C(C(=O)NC1CCCCC1)c1ccc(C)cc1C. The molecule has 2 N–H and O–H groups in total. The first kappa shape index (κ1) is 28.7. The van der Waals surface area contributed by atoms with Crippen molar-refractivity contribution in [3.63, 3.8) is 0 Å². The maximum Gasteiger partial charge on any atom is 0.408 e. The smallest absolute Gasteiger partial charge is 0.408 e. The maximum atomic E-state index is 13.7. The quantitative estimate of drug-likeness (QED) is 0.436. The molecule has 1 aromatic carbocycles. The molecule has 0 aromatic heterocycles. The number of ether oxygens (including phenoxy) is 1. The number of alkyl carbamates (subject to hydrolysis) is 1. The molecule has 196 valence electrons. The molecule has 0 spiro atoms. The zero-order chi connectivity index (χ0) is 26.0. The van der Waals surface area contributed by atoms with Gasteiger partial charge < -0.3 is 20.3 Å². The summed E-state index contributed by atoms with van der Waals surface area (Å²) in [6, 6.07) is 5.37. The van der Waals surface area contributed by atoms with Gasteiger partial charge in [-0.05, 0) is 65.0 Å². The fourth-order valence-corrected chi connectivity index (χ4v) is 4.60. The number of amides is 3.